The van der Waals surface area contributed by atoms with E-state index in [0.717, 1.165) is 5.56 Å². The van der Waals surface area contributed by atoms with Crippen LogP contribution in [0.2, 0.25) is 0 Å². The first-order valence-electron chi connectivity index (χ1n) is 6.94. The first kappa shape index (κ1) is 14.6. The molecular formula is C16H16O6. The van der Waals surface area contributed by atoms with Crippen molar-refractivity contribution >= 4 is 11.9 Å². The number of esters is 2. The van der Waals surface area contributed by atoms with Crippen LogP contribution in [0.5, 0.6) is 0 Å². The number of methoxy groups -OCH3 is 1. The molecular weight excluding hydrogens is 288 g/mol. The molecule has 1 aromatic rings. The lowest BCUT2D eigenvalue weighted by molar-refractivity contribution is -0.161. The quantitative estimate of drug-likeness (QED) is 0.606. The van der Waals surface area contributed by atoms with E-state index in [0.29, 0.717) is 5.76 Å². The van der Waals surface area contributed by atoms with Crippen LogP contribution in [0.1, 0.15) is 18.6 Å². The molecule has 0 bridgehead atoms. The van der Waals surface area contributed by atoms with Crippen LogP contribution in [0.25, 0.3) is 0 Å². The van der Waals surface area contributed by atoms with Gasteiger partial charge in [0.25, 0.3) is 0 Å². The van der Waals surface area contributed by atoms with Gasteiger partial charge in [0.2, 0.25) is 0 Å². The molecule has 2 aliphatic heterocycles. The van der Waals surface area contributed by atoms with Crippen molar-refractivity contribution in [3.05, 3.63) is 47.7 Å². The Balaban J connectivity index is 1.79. The second-order valence-electron chi connectivity index (χ2n) is 5.11. The highest BCUT2D eigenvalue weighted by Crippen LogP contribution is 2.44. The van der Waals surface area contributed by atoms with Crippen LogP contribution in [-0.4, -0.2) is 37.4 Å². The zero-order chi connectivity index (χ0) is 15.7. The fourth-order valence-electron chi connectivity index (χ4n) is 2.60. The molecule has 2 heterocycles. The Hall–Kier alpha value is -2.34. The molecule has 0 spiro atoms. The maximum Gasteiger partial charge on any atom is 0.335 e. The molecule has 2 aliphatic rings. The average Bonchev–Trinajstić information content (AvgIpc) is 3.21. The Morgan fingerprint density at radius 1 is 1.27 bits per heavy atom. The molecule has 0 aromatic heterocycles. The second kappa shape index (κ2) is 5.81. The van der Waals surface area contributed by atoms with Crippen LogP contribution in [0.15, 0.2) is 42.2 Å². The van der Waals surface area contributed by atoms with E-state index in [1.807, 2.05) is 30.3 Å². The minimum atomic E-state index is -0.778. The molecule has 4 atom stereocenters. The van der Waals surface area contributed by atoms with Gasteiger partial charge in [-0.2, -0.15) is 0 Å². The lowest BCUT2D eigenvalue weighted by Gasteiger charge is -2.22. The van der Waals surface area contributed by atoms with Crippen molar-refractivity contribution in [2.45, 2.75) is 31.3 Å². The molecule has 3 rings (SSSR count). The molecule has 0 radical (unpaired) electrons. The van der Waals surface area contributed by atoms with Crippen LogP contribution in [0.4, 0.5) is 0 Å². The number of benzene rings is 1. The number of epoxide rings is 1. The third-order valence-corrected chi connectivity index (χ3v) is 3.60. The van der Waals surface area contributed by atoms with Gasteiger partial charge in [0.1, 0.15) is 18.0 Å². The minimum Gasteiger partial charge on any atom is -0.497 e. The predicted octanol–water partition coefficient (Wildman–Crippen LogP) is 1.51. The lowest BCUT2D eigenvalue weighted by Crippen LogP contribution is -2.38. The topological polar surface area (TPSA) is 74.4 Å². The van der Waals surface area contributed by atoms with E-state index in [1.165, 1.54) is 20.1 Å². The Kier molecular flexibility index (Phi) is 3.85. The van der Waals surface area contributed by atoms with E-state index in [2.05, 4.69) is 0 Å². The van der Waals surface area contributed by atoms with Crippen molar-refractivity contribution in [1.29, 1.82) is 0 Å². The first-order valence-corrected chi connectivity index (χ1v) is 6.94. The summed E-state index contributed by atoms with van der Waals surface area (Å²) in [6, 6.07) is 9.59. The number of rotatable bonds is 5. The normalized spacial score (nSPS) is 27.6. The molecule has 1 saturated heterocycles. The predicted molar refractivity (Wildman–Crippen MR) is 74.6 cm³/mol. The Labute approximate surface area is 127 Å². The summed E-state index contributed by atoms with van der Waals surface area (Å²) in [6.45, 7) is 1.31. The highest BCUT2D eigenvalue weighted by molar-refractivity contribution is 5.85. The van der Waals surface area contributed by atoms with E-state index < -0.39 is 24.1 Å². The molecule has 1 aromatic carbocycles. The fourth-order valence-corrected chi connectivity index (χ4v) is 2.60. The minimum absolute atomic E-state index is 0.192. The van der Waals surface area contributed by atoms with Crippen molar-refractivity contribution < 1.29 is 28.5 Å². The Bertz CT molecular complexity index is 608. The summed E-state index contributed by atoms with van der Waals surface area (Å²) in [4.78, 5) is 22.8. The number of ether oxygens (including phenoxy) is 4. The summed E-state index contributed by atoms with van der Waals surface area (Å²) >= 11 is 0. The Morgan fingerprint density at radius 3 is 2.64 bits per heavy atom. The third kappa shape index (κ3) is 2.82. The van der Waals surface area contributed by atoms with Gasteiger partial charge in [-0.25, -0.2) is 4.79 Å². The van der Waals surface area contributed by atoms with E-state index >= 15 is 0 Å². The molecule has 1 fully saturated rings. The SMILES string of the molecule is COC1=CC(=O)O[C@H]1[C@@H](OC(C)=O)[C@H]1O[C@H]1c1ccccc1. The standard InChI is InChI=1S/C16H16O6/c1-9(17)20-16(14-11(19-2)8-12(18)21-14)15-13(22-15)10-6-4-3-5-7-10/h3-8,13-16H,1-2H3/t13-,14+,15-,16+/m0/s1. The molecule has 0 amide bonds. The smallest absolute Gasteiger partial charge is 0.335 e. The van der Waals surface area contributed by atoms with Crippen molar-refractivity contribution in [3.63, 3.8) is 0 Å². The largest absolute Gasteiger partial charge is 0.497 e. The number of cyclic esters (lactones) is 1. The van der Waals surface area contributed by atoms with Crippen molar-refractivity contribution in [2.75, 3.05) is 7.11 Å². The van der Waals surface area contributed by atoms with Crippen LogP contribution < -0.4 is 0 Å². The van der Waals surface area contributed by atoms with Gasteiger partial charge in [0.05, 0.1) is 13.2 Å². The van der Waals surface area contributed by atoms with Crippen molar-refractivity contribution in [1.82, 2.24) is 0 Å². The third-order valence-electron chi connectivity index (χ3n) is 3.60. The van der Waals surface area contributed by atoms with Gasteiger partial charge in [-0.1, -0.05) is 30.3 Å². The summed E-state index contributed by atoms with van der Waals surface area (Å²) in [5.74, 6) is -0.653. The molecule has 22 heavy (non-hydrogen) atoms. The summed E-state index contributed by atoms with van der Waals surface area (Å²) in [7, 11) is 1.44. The molecule has 0 aliphatic carbocycles. The Morgan fingerprint density at radius 2 is 2.00 bits per heavy atom. The van der Waals surface area contributed by atoms with Crippen LogP contribution in [0, 0.1) is 0 Å². The van der Waals surface area contributed by atoms with Gasteiger partial charge < -0.3 is 18.9 Å². The summed E-state index contributed by atoms with van der Waals surface area (Å²) in [5.41, 5.74) is 0.983. The van der Waals surface area contributed by atoms with Crippen molar-refractivity contribution in [3.8, 4) is 0 Å². The molecule has 6 nitrogen and oxygen atoms in total. The summed E-state index contributed by atoms with van der Waals surface area (Å²) < 4.78 is 21.3. The van der Waals surface area contributed by atoms with Gasteiger partial charge in [-0.15, -0.1) is 0 Å². The molecule has 6 heteroatoms. The lowest BCUT2D eigenvalue weighted by atomic mass is 10.0. The van der Waals surface area contributed by atoms with Crippen LogP contribution >= 0.6 is 0 Å². The number of hydrogen-bond donors (Lipinski definition) is 0. The van der Waals surface area contributed by atoms with E-state index in [-0.39, 0.29) is 12.2 Å². The fraction of sp³-hybridized carbons (Fsp3) is 0.375. The zero-order valence-electron chi connectivity index (χ0n) is 12.2. The van der Waals surface area contributed by atoms with Gasteiger partial charge in [-0.05, 0) is 5.56 Å². The zero-order valence-corrected chi connectivity index (χ0v) is 12.2. The molecule has 0 unspecified atom stereocenters. The van der Waals surface area contributed by atoms with E-state index in [1.54, 1.807) is 0 Å². The highest BCUT2D eigenvalue weighted by atomic mass is 16.7. The highest BCUT2D eigenvalue weighted by Gasteiger charge is 2.54. The second-order valence-corrected chi connectivity index (χ2v) is 5.11. The summed E-state index contributed by atoms with van der Waals surface area (Å²) in [6.07, 6.45) is -0.828. The van der Waals surface area contributed by atoms with Gasteiger partial charge in [0, 0.05) is 6.92 Å². The van der Waals surface area contributed by atoms with Gasteiger partial charge in [0.15, 0.2) is 12.2 Å². The van der Waals surface area contributed by atoms with E-state index in [9.17, 15) is 9.59 Å². The van der Waals surface area contributed by atoms with Crippen LogP contribution in [0.3, 0.4) is 0 Å². The molecule has 116 valence electrons. The average molecular weight is 304 g/mol. The maximum absolute atomic E-state index is 11.4. The van der Waals surface area contributed by atoms with Gasteiger partial charge in [-0.3, -0.25) is 4.79 Å². The van der Waals surface area contributed by atoms with Crippen LogP contribution in [-0.2, 0) is 28.5 Å². The maximum atomic E-state index is 11.4. The monoisotopic (exact) mass is 304 g/mol. The summed E-state index contributed by atoms with van der Waals surface area (Å²) in [5, 5.41) is 0. The molecule has 0 saturated carbocycles. The van der Waals surface area contributed by atoms with E-state index in [4.69, 9.17) is 18.9 Å². The van der Waals surface area contributed by atoms with Crippen molar-refractivity contribution in [2.24, 2.45) is 0 Å². The number of hydrogen-bond acceptors (Lipinski definition) is 6. The number of carbonyl (C=O) groups is 2. The molecule has 0 N–H and O–H groups in total. The number of carbonyl (C=O) groups excluding carboxylic acids is 2. The first-order chi connectivity index (χ1) is 10.6. The van der Waals surface area contributed by atoms with Gasteiger partial charge >= 0.3 is 11.9 Å².